The first-order valence-corrected chi connectivity index (χ1v) is 11.4. The average Bonchev–Trinajstić information content (AvgIpc) is 3.21. The third-order valence-corrected chi connectivity index (χ3v) is 6.29. The molecule has 1 unspecified atom stereocenters. The lowest BCUT2D eigenvalue weighted by atomic mass is 9.99. The first-order chi connectivity index (χ1) is 15.8. The minimum absolute atomic E-state index is 0.0238. The highest BCUT2D eigenvalue weighted by molar-refractivity contribution is 7.86. The molecule has 0 fully saturated rings. The van der Waals surface area contributed by atoms with Gasteiger partial charge in [0.1, 0.15) is 28.2 Å². The molecule has 0 radical (unpaired) electrons. The summed E-state index contributed by atoms with van der Waals surface area (Å²) in [5, 5.41) is 10.0. The van der Waals surface area contributed by atoms with Crippen LogP contribution in [0.25, 0.3) is 22.2 Å². The fraction of sp³-hybridized carbons (Fsp3) is 0.130. The number of nitrogens with one attached hydrogen (secondary N) is 2. The average molecular weight is 471 g/mol. The Bertz CT molecular complexity index is 1400. The van der Waals surface area contributed by atoms with Gasteiger partial charge in [0, 0.05) is 34.7 Å². The van der Waals surface area contributed by atoms with Crippen LogP contribution in [-0.2, 0) is 11.0 Å². The van der Waals surface area contributed by atoms with Crippen LogP contribution < -0.4 is 10.5 Å². The number of nitrogen functional groups attached to an aromatic ring is 1. The van der Waals surface area contributed by atoms with E-state index in [1.807, 2.05) is 6.92 Å². The van der Waals surface area contributed by atoms with Gasteiger partial charge in [0.25, 0.3) is 0 Å². The third-order valence-electron chi connectivity index (χ3n) is 5.07. The molecule has 2 heterocycles. The summed E-state index contributed by atoms with van der Waals surface area (Å²) in [5.74, 6) is -2.82. The first kappa shape index (κ1) is 22.4. The molecular weight excluding hydrogens is 450 g/mol. The van der Waals surface area contributed by atoms with Crippen molar-refractivity contribution >= 4 is 39.2 Å². The Balaban J connectivity index is 1.77. The monoisotopic (exact) mass is 470 g/mol. The fourth-order valence-electron chi connectivity index (χ4n) is 3.42. The van der Waals surface area contributed by atoms with Crippen molar-refractivity contribution in [3.63, 3.8) is 0 Å². The summed E-state index contributed by atoms with van der Waals surface area (Å²) in [7, 11) is -1.56. The summed E-state index contributed by atoms with van der Waals surface area (Å²) in [5.41, 5.74) is 6.57. The van der Waals surface area contributed by atoms with Gasteiger partial charge in [0.05, 0.1) is 16.9 Å². The molecule has 10 heteroatoms. The van der Waals surface area contributed by atoms with Crippen molar-refractivity contribution in [2.45, 2.75) is 13.3 Å². The minimum Gasteiger partial charge on any atom is -0.506 e. The van der Waals surface area contributed by atoms with E-state index in [4.69, 9.17) is 5.73 Å². The summed E-state index contributed by atoms with van der Waals surface area (Å²) in [4.78, 5) is 20.3. The summed E-state index contributed by atoms with van der Waals surface area (Å²) in [6, 6.07) is 8.33. The molecule has 0 bridgehead atoms. The van der Waals surface area contributed by atoms with Gasteiger partial charge in [-0.15, -0.1) is 0 Å². The topological polar surface area (TPSA) is 121 Å². The van der Waals surface area contributed by atoms with Crippen molar-refractivity contribution in [3.05, 3.63) is 71.6 Å². The molecular formula is C23H20F2N4O3S. The molecule has 0 aliphatic heterocycles. The maximum atomic E-state index is 15.1. The van der Waals surface area contributed by atoms with Crippen LogP contribution in [0.5, 0.6) is 5.75 Å². The van der Waals surface area contributed by atoms with Gasteiger partial charge in [-0.05, 0) is 42.3 Å². The lowest BCUT2D eigenvalue weighted by Crippen LogP contribution is -2.13. The Morgan fingerprint density at radius 2 is 2.00 bits per heavy atom. The van der Waals surface area contributed by atoms with E-state index in [1.54, 1.807) is 24.4 Å². The number of aromatic amines is 1. The minimum atomic E-state index is -1.56. The molecule has 7 nitrogen and oxygen atoms in total. The Hall–Kier alpha value is -3.79. The van der Waals surface area contributed by atoms with Gasteiger partial charge in [0.2, 0.25) is 5.78 Å². The van der Waals surface area contributed by atoms with Crippen LogP contribution in [0, 0.1) is 11.6 Å². The number of nitrogens with two attached hydrogens (primary N) is 1. The summed E-state index contributed by atoms with van der Waals surface area (Å²) in [6.07, 6.45) is 3.49. The molecule has 4 aromatic rings. The number of phenolic OH excluding ortho intramolecular Hbond substituents is 1. The Morgan fingerprint density at radius 1 is 1.21 bits per heavy atom. The van der Waals surface area contributed by atoms with E-state index >= 15 is 4.39 Å². The Labute approximate surface area is 190 Å². The van der Waals surface area contributed by atoms with Crippen LogP contribution in [-0.4, -0.2) is 30.8 Å². The zero-order chi connectivity index (χ0) is 23.7. The number of carbonyl (C=O) groups is 1. The van der Waals surface area contributed by atoms with E-state index in [0.717, 1.165) is 12.1 Å². The number of H-pyrrole nitrogens is 1. The highest BCUT2D eigenvalue weighted by atomic mass is 32.2. The van der Waals surface area contributed by atoms with Crippen molar-refractivity contribution in [1.29, 1.82) is 0 Å². The van der Waals surface area contributed by atoms with Crippen molar-refractivity contribution < 1.29 is 22.9 Å². The normalized spacial score (nSPS) is 12.1. The smallest absolute Gasteiger partial charge is 0.201 e. The standard InChI is InChI=1S/C23H20F2N4O3S/c1-2-7-33(32)29-18-5-4-16(24)20(21(18)25)22(31)15-11-28-23-14(15)8-13(10-27-23)12-3-6-19(30)17(26)9-12/h3-6,8-11,29-30H,2,7,26H2,1H3,(H,27,28). The summed E-state index contributed by atoms with van der Waals surface area (Å²) in [6.45, 7) is 1.82. The lowest BCUT2D eigenvalue weighted by Gasteiger charge is -2.10. The van der Waals surface area contributed by atoms with Gasteiger partial charge in [-0.1, -0.05) is 13.0 Å². The summed E-state index contributed by atoms with van der Waals surface area (Å²) < 4.78 is 44.1. The van der Waals surface area contributed by atoms with Crippen molar-refractivity contribution in [2.24, 2.45) is 0 Å². The number of pyridine rings is 1. The molecule has 5 N–H and O–H groups in total. The number of hydrogen-bond acceptors (Lipinski definition) is 5. The number of fused-ring (bicyclic) bond motifs is 1. The van der Waals surface area contributed by atoms with Crippen LogP contribution in [0.1, 0.15) is 29.3 Å². The number of halogens is 2. The second-order valence-corrected chi connectivity index (χ2v) is 8.66. The number of ketones is 1. The zero-order valence-corrected chi connectivity index (χ0v) is 18.3. The van der Waals surface area contributed by atoms with Gasteiger partial charge in [-0.25, -0.2) is 18.0 Å². The highest BCUT2D eigenvalue weighted by Crippen LogP contribution is 2.31. The van der Waals surface area contributed by atoms with Crippen LogP contribution in [0.2, 0.25) is 0 Å². The number of benzene rings is 2. The number of aromatic nitrogens is 2. The largest absolute Gasteiger partial charge is 0.506 e. The first-order valence-electron chi connectivity index (χ1n) is 10.0. The maximum Gasteiger partial charge on any atom is 0.201 e. The van der Waals surface area contributed by atoms with E-state index in [1.165, 1.54) is 12.3 Å². The Morgan fingerprint density at radius 3 is 2.73 bits per heavy atom. The van der Waals surface area contributed by atoms with Crippen LogP contribution >= 0.6 is 0 Å². The number of hydrogen-bond donors (Lipinski definition) is 4. The number of rotatable bonds is 7. The quantitative estimate of drug-likeness (QED) is 0.180. The van der Waals surface area contributed by atoms with E-state index in [9.17, 15) is 18.5 Å². The third kappa shape index (κ3) is 4.29. The lowest BCUT2D eigenvalue weighted by molar-refractivity contribution is 0.103. The van der Waals surface area contributed by atoms with Gasteiger partial charge >= 0.3 is 0 Å². The maximum absolute atomic E-state index is 15.1. The van der Waals surface area contributed by atoms with Crippen LogP contribution in [0.15, 0.2) is 48.8 Å². The van der Waals surface area contributed by atoms with Crippen molar-refractivity contribution in [3.8, 4) is 16.9 Å². The second kappa shape index (κ2) is 8.99. The number of aromatic hydroxyl groups is 1. The SMILES string of the molecule is CCCS(=O)Nc1ccc(F)c(C(=O)c2c[nH]c3ncc(-c4ccc(O)c(N)c4)cc23)c1F. The second-order valence-electron chi connectivity index (χ2n) is 7.36. The van der Waals surface area contributed by atoms with E-state index in [-0.39, 0.29) is 28.4 Å². The molecule has 33 heavy (non-hydrogen) atoms. The molecule has 0 amide bonds. The predicted molar refractivity (Wildman–Crippen MR) is 124 cm³/mol. The molecule has 0 saturated heterocycles. The molecule has 2 aromatic carbocycles. The molecule has 170 valence electrons. The number of phenols is 1. The molecule has 0 aliphatic rings. The highest BCUT2D eigenvalue weighted by Gasteiger charge is 2.25. The van der Waals surface area contributed by atoms with Crippen molar-refractivity contribution in [2.75, 3.05) is 16.2 Å². The predicted octanol–water partition coefficient (Wildman–Crippen LogP) is 4.51. The van der Waals surface area contributed by atoms with Crippen molar-refractivity contribution in [1.82, 2.24) is 9.97 Å². The molecule has 1 atom stereocenters. The number of carbonyl (C=O) groups excluding carboxylic acids is 1. The Kier molecular flexibility index (Phi) is 6.10. The number of nitrogens with zero attached hydrogens (tertiary/aromatic N) is 1. The van der Waals surface area contributed by atoms with Gasteiger partial charge in [-0.2, -0.15) is 0 Å². The summed E-state index contributed by atoms with van der Waals surface area (Å²) >= 11 is 0. The molecule has 0 saturated carbocycles. The molecule has 4 rings (SSSR count). The molecule has 0 aliphatic carbocycles. The van der Waals surface area contributed by atoms with Gasteiger partial charge in [0.15, 0.2) is 5.82 Å². The van der Waals surface area contributed by atoms with E-state index in [0.29, 0.717) is 28.6 Å². The fourth-order valence-corrected chi connectivity index (χ4v) is 4.29. The van der Waals surface area contributed by atoms with Crippen LogP contribution in [0.4, 0.5) is 20.2 Å². The van der Waals surface area contributed by atoms with E-state index in [2.05, 4.69) is 14.7 Å². The van der Waals surface area contributed by atoms with Gasteiger partial charge < -0.3 is 20.5 Å². The van der Waals surface area contributed by atoms with E-state index < -0.39 is 34.0 Å². The zero-order valence-electron chi connectivity index (χ0n) is 17.5. The molecule has 2 aromatic heterocycles. The van der Waals surface area contributed by atoms with Crippen LogP contribution in [0.3, 0.4) is 0 Å². The number of anilines is 2. The van der Waals surface area contributed by atoms with Gasteiger partial charge in [-0.3, -0.25) is 4.79 Å². The molecule has 0 spiro atoms.